The fraction of sp³-hybridized carbons (Fsp3) is 0.333. The summed E-state index contributed by atoms with van der Waals surface area (Å²) >= 11 is 0. The lowest BCUT2D eigenvalue weighted by Crippen LogP contribution is -1.78. The van der Waals surface area contributed by atoms with Gasteiger partial charge in [-0.2, -0.15) is 0 Å². The third-order valence-corrected chi connectivity index (χ3v) is 0.372. The Morgan fingerprint density at radius 1 is 1.80 bits per heavy atom. The zero-order valence-electron chi connectivity index (χ0n) is 3.44. The first-order chi connectivity index (χ1) is 2.41. The molecule has 0 aliphatic carbocycles. The van der Waals surface area contributed by atoms with Crippen molar-refractivity contribution in [1.82, 2.24) is 0 Å². The molecule has 0 saturated heterocycles. The average molecular weight is 68.9 g/mol. The van der Waals surface area contributed by atoms with Crippen molar-refractivity contribution in [2.24, 2.45) is 5.73 Å². The lowest BCUT2D eigenvalue weighted by atomic mass is 9.83. The molecule has 0 fully saturated rings. The molecule has 28 valence electrons. The van der Waals surface area contributed by atoms with Gasteiger partial charge in [0.2, 0.25) is 0 Å². The Bertz CT molecular complexity index is 33.9. The normalized spacial score (nSPS) is 9.00. The van der Waals surface area contributed by atoms with Gasteiger partial charge in [-0.15, -0.1) is 5.98 Å². The van der Waals surface area contributed by atoms with Crippen molar-refractivity contribution < 1.29 is 0 Å². The monoisotopic (exact) mass is 69.1 g/mol. The topological polar surface area (TPSA) is 26.0 Å². The molecule has 0 aliphatic heterocycles. The summed E-state index contributed by atoms with van der Waals surface area (Å²) in [5.41, 5.74) is 4.96. The van der Waals surface area contributed by atoms with E-state index in [2.05, 4.69) is 0 Å². The highest BCUT2D eigenvalue weighted by Crippen LogP contribution is 1.53. The predicted octanol–water partition coefficient (Wildman–Crippen LogP) is -0.0991. The highest BCUT2D eigenvalue weighted by molar-refractivity contribution is 6.40. The highest BCUT2D eigenvalue weighted by Gasteiger charge is 1.57. The molecule has 0 radical (unpaired) electrons. The Labute approximate surface area is 33.1 Å². The van der Waals surface area contributed by atoms with Crippen molar-refractivity contribution in [3.8, 4) is 0 Å². The van der Waals surface area contributed by atoms with Gasteiger partial charge in [-0.25, -0.2) is 0 Å². The highest BCUT2D eigenvalue weighted by atomic mass is 14.5. The first-order valence-electron chi connectivity index (χ1n) is 1.78. The molecule has 0 spiro atoms. The molecule has 0 bridgehead atoms. The number of nitrogens with two attached hydrogens (primary N) is 1. The van der Waals surface area contributed by atoms with Gasteiger partial charge < -0.3 is 5.73 Å². The van der Waals surface area contributed by atoms with Crippen LogP contribution in [-0.2, 0) is 0 Å². The van der Waals surface area contributed by atoms with Crippen LogP contribution in [0.5, 0.6) is 0 Å². The lowest BCUT2D eigenvalue weighted by Gasteiger charge is -1.63. The first kappa shape index (κ1) is 4.60. The van der Waals surface area contributed by atoms with Gasteiger partial charge in [0.15, 0.2) is 0 Å². The van der Waals surface area contributed by atoms with Gasteiger partial charge in [0.05, 0.1) is 0 Å². The lowest BCUT2D eigenvalue weighted by molar-refractivity contribution is 1.63. The van der Waals surface area contributed by atoms with Gasteiger partial charge in [0.25, 0.3) is 0 Å². The summed E-state index contributed by atoms with van der Waals surface area (Å²) in [7, 11) is 1.04. The van der Waals surface area contributed by atoms with Crippen molar-refractivity contribution >= 4 is 7.28 Å². The maximum absolute atomic E-state index is 4.96. The predicted molar refractivity (Wildman–Crippen MR) is 26.3 cm³/mol. The Balaban J connectivity index is 2.62. The second-order valence-corrected chi connectivity index (χ2v) is 0.836. The third kappa shape index (κ3) is 3.60. The van der Waals surface area contributed by atoms with Crippen LogP contribution in [-0.4, -0.2) is 7.28 Å². The van der Waals surface area contributed by atoms with Crippen LogP contribution < -0.4 is 5.73 Å². The number of hydrogen-bond donors (Lipinski definition) is 1. The number of rotatable bonds is 1. The third-order valence-electron chi connectivity index (χ3n) is 0.372. The summed E-state index contributed by atoms with van der Waals surface area (Å²) in [5.74, 6) is 1.90. The summed E-state index contributed by atoms with van der Waals surface area (Å²) in [6, 6.07) is 0. The van der Waals surface area contributed by atoms with Crippen molar-refractivity contribution in [3.05, 3.63) is 12.2 Å². The van der Waals surface area contributed by atoms with E-state index in [1.54, 1.807) is 6.20 Å². The fourth-order valence-corrected chi connectivity index (χ4v) is 0.136. The van der Waals surface area contributed by atoms with Crippen molar-refractivity contribution in [3.63, 3.8) is 0 Å². The summed E-state index contributed by atoms with van der Waals surface area (Å²) < 4.78 is 0. The Hall–Kier alpha value is -0.395. The molecule has 0 amide bonds. The van der Waals surface area contributed by atoms with E-state index in [0.29, 0.717) is 0 Å². The molecule has 5 heavy (non-hydrogen) atoms. The molecule has 0 aromatic carbocycles. The average Bonchev–Trinajstić information content (AvgIpc) is 1.41. The zero-order valence-corrected chi connectivity index (χ0v) is 3.44. The van der Waals surface area contributed by atoms with Crippen LogP contribution in [0.1, 0.15) is 0 Å². The number of hydrogen-bond acceptors (Lipinski definition) is 1. The van der Waals surface area contributed by atoms with Crippen LogP contribution in [0.15, 0.2) is 12.2 Å². The van der Waals surface area contributed by atoms with E-state index in [4.69, 9.17) is 5.73 Å². The molecular formula is C3H8BN. The largest absolute Gasteiger partial charge is 0.406 e. The molecule has 0 rings (SSSR count). The Morgan fingerprint density at radius 3 is 2.40 bits per heavy atom. The van der Waals surface area contributed by atoms with Crippen LogP contribution >= 0.6 is 0 Å². The zero-order chi connectivity index (χ0) is 4.12. The molecule has 0 atom stereocenters. The van der Waals surface area contributed by atoms with Crippen LogP contribution in [0, 0.1) is 0 Å². The molecule has 0 heterocycles. The quantitative estimate of drug-likeness (QED) is 0.427. The minimum atomic E-state index is 1.04. The van der Waals surface area contributed by atoms with Gasteiger partial charge in [-0.3, -0.25) is 0 Å². The summed E-state index contributed by atoms with van der Waals surface area (Å²) in [6.45, 7) is 2.04. The van der Waals surface area contributed by atoms with E-state index in [0.717, 1.165) is 7.28 Å². The molecule has 2 N–H and O–H groups in total. The van der Waals surface area contributed by atoms with Gasteiger partial charge >= 0.3 is 0 Å². The molecule has 0 saturated carbocycles. The van der Waals surface area contributed by atoms with Crippen LogP contribution in [0.25, 0.3) is 0 Å². The summed E-state index contributed by atoms with van der Waals surface area (Å²) in [6.07, 6.45) is 1.56. The smallest absolute Gasteiger partial charge is 0.146 e. The van der Waals surface area contributed by atoms with Crippen molar-refractivity contribution in [1.29, 1.82) is 0 Å². The minimum absolute atomic E-state index is 1.04. The van der Waals surface area contributed by atoms with Crippen LogP contribution in [0.2, 0.25) is 6.82 Å². The second kappa shape index (κ2) is 3.60. The van der Waals surface area contributed by atoms with E-state index < -0.39 is 0 Å². The van der Waals surface area contributed by atoms with E-state index in [-0.39, 0.29) is 0 Å². The van der Waals surface area contributed by atoms with Gasteiger partial charge in [-0.1, -0.05) is 6.82 Å². The van der Waals surface area contributed by atoms with Crippen LogP contribution in [0.4, 0.5) is 0 Å². The van der Waals surface area contributed by atoms with E-state index in [1.165, 1.54) is 0 Å². The van der Waals surface area contributed by atoms with Gasteiger partial charge in [0.1, 0.15) is 7.28 Å². The van der Waals surface area contributed by atoms with E-state index in [9.17, 15) is 0 Å². The first-order valence-corrected chi connectivity index (χ1v) is 1.78. The van der Waals surface area contributed by atoms with Gasteiger partial charge in [-0.05, 0) is 6.20 Å². The van der Waals surface area contributed by atoms with Crippen molar-refractivity contribution in [2.75, 3.05) is 0 Å². The summed E-state index contributed by atoms with van der Waals surface area (Å²) in [5, 5.41) is 0. The minimum Gasteiger partial charge on any atom is -0.406 e. The van der Waals surface area contributed by atoms with Crippen LogP contribution in [0.3, 0.4) is 0 Å². The Morgan fingerprint density at radius 2 is 2.40 bits per heavy atom. The van der Waals surface area contributed by atoms with Gasteiger partial charge in [0, 0.05) is 0 Å². The maximum Gasteiger partial charge on any atom is 0.146 e. The molecular weight excluding hydrogens is 60.9 g/mol. The van der Waals surface area contributed by atoms with Crippen molar-refractivity contribution in [2.45, 2.75) is 6.82 Å². The van der Waals surface area contributed by atoms with E-state index in [1.807, 2.05) is 12.8 Å². The molecule has 2 heteroatoms. The SMILES string of the molecule is CB/C=C\N. The fourth-order valence-electron chi connectivity index (χ4n) is 0.136. The molecule has 0 aliphatic rings. The second-order valence-electron chi connectivity index (χ2n) is 0.836. The summed E-state index contributed by atoms with van der Waals surface area (Å²) in [4.78, 5) is 0. The Kier molecular flexibility index (Phi) is 3.32. The standard InChI is InChI=1S/C3H8BN/c1-4-2-3-5/h2-4H,5H2,1H3/b3-2-. The molecule has 1 nitrogen and oxygen atoms in total. The van der Waals surface area contributed by atoms with E-state index >= 15 is 0 Å². The molecule has 0 unspecified atom stereocenters. The maximum atomic E-state index is 4.96. The molecule has 0 aromatic heterocycles. The molecule has 0 aromatic rings.